The average molecular weight is 760 g/mol. The van der Waals surface area contributed by atoms with E-state index in [2.05, 4.69) is 15.6 Å². The van der Waals surface area contributed by atoms with Crippen molar-refractivity contribution in [1.82, 2.24) is 4.98 Å². The van der Waals surface area contributed by atoms with Crippen molar-refractivity contribution < 1.29 is 36.1 Å². The van der Waals surface area contributed by atoms with Crippen LogP contribution in [-0.2, 0) is 13.3 Å². The average Bonchev–Trinajstić information content (AvgIpc) is 3.46. The van der Waals surface area contributed by atoms with Crippen LogP contribution in [0.15, 0.2) is 90.3 Å². The van der Waals surface area contributed by atoms with Crippen molar-refractivity contribution >= 4 is 81.4 Å². The second-order valence-electron chi connectivity index (χ2n) is 9.59. The van der Waals surface area contributed by atoms with Gasteiger partial charge in [-0.1, -0.05) is 29.3 Å². The fraction of sp³-hybridized carbons (Fsp3) is 0.0938. The SMILES string of the molecule is CC(=O)Nc1ccc([As](=O)(O)O)c(O)c1.CCOC(=O)c1cccc(Nc2nc(-c3ccc(Oc4ccc(Cl)cc4)cc3Cl)cs2)c1. The molecule has 0 saturated carbocycles. The molecule has 11 nitrogen and oxygen atoms in total. The number of nitrogens with one attached hydrogen (secondary N) is 2. The molecule has 0 unspecified atom stereocenters. The zero-order chi connectivity index (χ0) is 34.1. The van der Waals surface area contributed by atoms with Gasteiger partial charge in [0.1, 0.15) is 11.5 Å². The summed E-state index contributed by atoms with van der Waals surface area (Å²) >= 11 is 8.76. The summed E-state index contributed by atoms with van der Waals surface area (Å²) in [4.78, 5) is 27.2. The van der Waals surface area contributed by atoms with E-state index in [1.54, 1.807) is 55.5 Å². The number of amides is 1. The monoisotopic (exact) mass is 759 g/mol. The number of anilines is 3. The number of ether oxygens (including phenoxy) is 2. The number of carbonyl (C=O) groups excluding carboxylic acids is 2. The van der Waals surface area contributed by atoms with E-state index in [0.29, 0.717) is 38.8 Å². The molecule has 1 heterocycles. The Hall–Kier alpha value is -4.29. The van der Waals surface area contributed by atoms with Crippen molar-refractivity contribution in [2.75, 3.05) is 17.2 Å². The molecule has 0 aliphatic carbocycles. The van der Waals surface area contributed by atoms with Crippen LogP contribution in [0.3, 0.4) is 0 Å². The summed E-state index contributed by atoms with van der Waals surface area (Å²) in [5.74, 6) is 0.0787. The van der Waals surface area contributed by atoms with Crippen LogP contribution < -0.4 is 19.7 Å². The van der Waals surface area contributed by atoms with Gasteiger partial charge in [0.25, 0.3) is 0 Å². The Balaban J connectivity index is 0.000000280. The van der Waals surface area contributed by atoms with E-state index in [0.717, 1.165) is 29.1 Å². The number of thiazole rings is 1. The molecule has 4 aromatic carbocycles. The van der Waals surface area contributed by atoms with Gasteiger partial charge in [-0.05, 0) is 61.5 Å². The summed E-state index contributed by atoms with van der Waals surface area (Å²) in [6.45, 7) is 3.40. The second-order valence-corrected chi connectivity index (χ2v) is 14.6. The number of carbonyl (C=O) groups is 2. The van der Waals surface area contributed by atoms with Gasteiger partial charge in [0.05, 0.1) is 22.9 Å². The third-order valence-corrected chi connectivity index (χ3v) is 9.44. The molecule has 0 bridgehead atoms. The Kier molecular flexibility index (Phi) is 12.1. The van der Waals surface area contributed by atoms with E-state index in [4.69, 9.17) is 40.9 Å². The number of aromatic hydroxyl groups is 1. The van der Waals surface area contributed by atoms with E-state index < -0.39 is 24.3 Å². The van der Waals surface area contributed by atoms with Gasteiger partial charge in [0, 0.05) is 27.7 Å². The Labute approximate surface area is 286 Å². The van der Waals surface area contributed by atoms with Crippen molar-refractivity contribution in [3.8, 4) is 28.5 Å². The second kappa shape index (κ2) is 16.0. The zero-order valence-corrected chi connectivity index (χ0v) is 29.0. The first-order chi connectivity index (χ1) is 22.3. The number of hydrogen-bond acceptors (Lipinski definition) is 9. The third kappa shape index (κ3) is 10.4. The molecule has 0 spiro atoms. The van der Waals surface area contributed by atoms with Crippen LogP contribution in [0.4, 0.5) is 16.5 Å². The van der Waals surface area contributed by atoms with Crippen LogP contribution >= 0.6 is 34.5 Å². The number of esters is 1. The summed E-state index contributed by atoms with van der Waals surface area (Å²) in [5.41, 5.74) is 3.04. The van der Waals surface area contributed by atoms with E-state index in [1.165, 1.54) is 24.3 Å². The van der Waals surface area contributed by atoms with Crippen molar-refractivity contribution in [3.05, 3.63) is 106 Å². The number of phenols is 1. The predicted molar refractivity (Wildman–Crippen MR) is 183 cm³/mol. The van der Waals surface area contributed by atoms with Crippen LogP contribution in [0, 0.1) is 0 Å². The maximum atomic E-state index is 11.9. The first kappa shape index (κ1) is 35.6. The molecular weight excluding hydrogens is 732 g/mol. The zero-order valence-electron chi connectivity index (χ0n) is 24.8. The predicted octanol–water partition coefficient (Wildman–Crippen LogP) is 6.74. The van der Waals surface area contributed by atoms with Crippen molar-refractivity contribution in [1.29, 1.82) is 0 Å². The quantitative estimate of drug-likeness (QED) is 0.0802. The van der Waals surface area contributed by atoms with Crippen molar-refractivity contribution in [2.45, 2.75) is 13.8 Å². The summed E-state index contributed by atoms with van der Waals surface area (Å²) in [6, 6.07) is 23.2. The minimum Gasteiger partial charge on any atom is -0.462 e. The number of nitrogens with zero attached hydrogens (tertiary/aromatic N) is 1. The van der Waals surface area contributed by atoms with Crippen molar-refractivity contribution in [2.24, 2.45) is 0 Å². The molecule has 5 N–H and O–H groups in total. The van der Waals surface area contributed by atoms with Crippen molar-refractivity contribution in [3.63, 3.8) is 0 Å². The van der Waals surface area contributed by atoms with Gasteiger partial charge in [0.15, 0.2) is 5.13 Å². The molecule has 5 aromatic rings. The molecule has 0 fully saturated rings. The third-order valence-electron chi connectivity index (χ3n) is 6.00. The number of hydrogen-bond donors (Lipinski definition) is 5. The van der Waals surface area contributed by atoms with Gasteiger partial charge in [-0.2, -0.15) is 0 Å². The minimum atomic E-state index is -5.09. The maximum Gasteiger partial charge on any atom is 0.338 e. The Bertz CT molecular complexity index is 1930. The summed E-state index contributed by atoms with van der Waals surface area (Å²) < 4.78 is 39.1. The molecular formula is C32H28AsCl2N3O8S. The number of benzene rings is 4. The number of halogens is 2. The van der Waals surface area contributed by atoms with Gasteiger partial charge >= 0.3 is 94.1 Å². The van der Waals surface area contributed by atoms with E-state index >= 15 is 0 Å². The molecule has 1 aromatic heterocycles. The summed E-state index contributed by atoms with van der Waals surface area (Å²) in [6.07, 6.45) is 0. The fourth-order valence-electron chi connectivity index (χ4n) is 3.97. The Morgan fingerprint density at radius 2 is 1.66 bits per heavy atom. The van der Waals surface area contributed by atoms with E-state index in [1.807, 2.05) is 23.6 Å². The molecule has 0 saturated heterocycles. The number of phenolic OH excluding ortho intramolecular Hbond substituents is 1. The Morgan fingerprint density at radius 1 is 0.936 bits per heavy atom. The van der Waals surface area contributed by atoms with E-state index in [-0.39, 0.29) is 17.6 Å². The maximum absolute atomic E-state index is 11.9. The first-order valence-electron chi connectivity index (χ1n) is 13.7. The van der Waals surface area contributed by atoms with Crippen LogP contribution in [0.5, 0.6) is 17.2 Å². The normalized spacial score (nSPS) is 10.8. The molecule has 15 heteroatoms. The first-order valence-corrected chi connectivity index (χ1v) is 18.7. The molecule has 0 aliphatic rings. The molecule has 0 atom stereocenters. The molecule has 5 rings (SSSR count). The van der Waals surface area contributed by atoms with Gasteiger partial charge in [0.2, 0.25) is 0 Å². The molecule has 47 heavy (non-hydrogen) atoms. The van der Waals surface area contributed by atoms with Crippen LogP contribution in [0.2, 0.25) is 10.0 Å². The van der Waals surface area contributed by atoms with Crippen LogP contribution in [0.1, 0.15) is 24.2 Å². The largest absolute Gasteiger partial charge is 0.462 e. The smallest absolute Gasteiger partial charge is 0.338 e. The molecule has 1 amide bonds. The fourth-order valence-corrected chi connectivity index (χ4v) is 6.42. The topological polar surface area (TPSA) is 167 Å². The van der Waals surface area contributed by atoms with E-state index in [9.17, 15) is 18.4 Å². The summed E-state index contributed by atoms with van der Waals surface area (Å²) in [7, 11) is 0. The molecule has 0 radical (unpaired) electrons. The van der Waals surface area contributed by atoms with Gasteiger partial charge in [-0.25, -0.2) is 9.78 Å². The summed E-state index contributed by atoms with van der Waals surface area (Å²) in [5, 5.41) is 18.7. The minimum absolute atomic E-state index is 0.285. The number of rotatable bonds is 9. The number of aromatic nitrogens is 1. The van der Waals surface area contributed by atoms with Crippen LogP contribution in [-0.4, -0.2) is 50.9 Å². The standard InChI is InChI=1S/C24H18Cl2N2O3S.C8H10AsNO5/c1-2-30-23(29)15-4-3-5-17(12-15)27-24-28-22(14-32-24)20-11-10-19(13-21(20)26)31-18-8-6-16(25)7-9-18;1-5(11)10-6-2-3-7(8(12)4-6)9(13,14)15/h3-14H,2H2,1H3,(H,27,28);2-4,12H,1H3,(H,10,11)(H2,13,14,15). The Morgan fingerprint density at radius 3 is 2.30 bits per heavy atom. The van der Waals surface area contributed by atoms with Crippen LogP contribution in [0.25, 0.3) is 11.3 Å². The van der Waals surface area contributed by atoms with Gasteiger partial charge in [-0.15, -0.1) is 11.3 Å². The van der Waals surface area contributed by atoms with Gasteiger partial charge in [-0.3, -0.25) is 0 Å². The van der Waals surface area contributed by atoms with Gasteiger partial charge < -0.3 is 14.8 Å². The molecule has 244 valence electrons. The molecule has 0 aliphatic heterocycles.